The Morgan fingerprint density at radius 2 is 2.33 bits per heavy atom. The summed E-state index contributed by atoms with van der Waals surface area (Å²) in [6.45, 7) is 0.632. The van der Waals surface area contributed by atoms with Crippen LogP contribution in [0.2, 0.25) is 0 Å². The summed E-state index contributed by atoms with van der Waals surface area (Å²) >= 11 is 0. The zero-order valence-electron chi connectivity index (χ0n) is 13.7. The molecule has 2 unspecified atom stereocenters. The molecule has 2 bridgehead atoms. The third kappa shape index (κ3) is 2.49. The molecule has 2 saturated carbocycles. The quantitative estimate of drug-likeness (QED) is 0.904. The predicted molar refractivity (Wildman–Crippen MR) is 88.7 cm³/mol. The lowest BCUT2D eigenvalue weighted by Crippen LogP contribution is -2.50. The maximum Gasteiger partial charge on any atom is 0.254 e. The standard InChI is InChI=1S/C18H22N4O2/c23-17(22-18-6-1-2-12(9-18)24-10-18)13-5-7-19-16-15(13)20-14(21-16)8-11-3-4-11/h5,7,11-12H,1-4,6,8-10H2,(H,22,23)(H,19,20,21). The Morgan fingerprint density at radius 3 is 3.21 bits per heavy atom. The first kappa shape index (κ1) is 14.4. The number of carbonyl (C=O) groups excluding carboxylic acids is 1. The van der Waals surface area contributed by atoms with Crippen molar-refractivity contribution in [2.24, 2.45) is 5.92 Å². The van der Waals surface area contributed by atoms with E-state index in [2.05, 4.69) is 20.3 Å². The van der Waals surface area contributed by atoms with Crippen molar-refractivity contribution in [2.75, 3.05) is 6.61 Å². The summed E-state index contributed by atoms with van der Waals surface area (Å²) in [5, 5.41) is 3.26. The molecule has 3 heterocycles. The Morgan fingerprint density at radius 1 is 1.42 bits per heavy atom. The molecule has 2 aromatic rings. The molecule has 2 aromatic heterocycles. The molecule has 1 aliphatic heterocycles. The van der Waals surface area contributed by atoms with Gasteiger partial charge >= 0.3 is 0 Å². The molecule has 126 valence electrons. The molecule has 0 aromatic carbocycles. The van der Waals surface area contributed by atoms with E-state index in [0.29, 0.717) is 23.9 Å². The van der Waals surface area contributed by atoms with E-state index in [1.165, 1.54) is 12.8 Å². The predicted octanol–water partition coefficient (Wildman–Crippen LogP) is 2.35. The van der Waals surface area contributed by atoms with Crippen LogP contribution in [0, 0.1) is 5.92 Å². The number of ether oxygens (including phenoxy) is 1. The van der Waals surface area contributed by atoms with Gasteiger partial charge in [-0.1, -0.05) is 0 Å². The molecule has 3 aliphatic rings. The molecule has 1 saturated heterocycles. The number of H-pyrrole nitrogens is 1. The molecule has 3 fully saturated rings. The number of nitrogens with zero attached hydrogens (tertiary/aromatic N) is 2. The van der Waals surface area contributed by atoms with Crippen LogP contribution in [-0.4, -0.2) is 39.1 Å². The van der Waals surface area contributed by atoms with Gasteiger partial charge in [0.15, 0.2) is 5.65 Å². The first-order valence-electron chi connectivity index (χ1n) is 8.98. The number of pyridine rings is 1. The maximum atomic E-state index is 12.9. The normalized spacial score (nSPS) is 29.1. The van der Waals surface area contributed by atoms with Gasteiger partial charge in [0, 0.05) is 12.6 Å². The molecule has 6 nitrogen and oxygen atoms in total. The summed E-state index contributed by atoms with van der Waals surface area (Å²) in [6, 6.07) is 1.78. The third-order valence-corrected chi connectivity index (χ3v) is 5.64. The second-order valence-corrected chi connectivity index (χ2v) is 7.65. The number of aromatic nitrogens is 3. The third-order valence-electron chi connectivity index (χ3n) is 5.64. The van der Waals surface area contributed by atoms with Crippen LogP contribution in [0.5, 0.6) is 0 Å². The molecular weight excluding hydrogens is 304 g/mol. The highest BCUT2D eigenvalue weighted by molar-refractivity contribution is 6.04. The summed E-state index contributed by atoms with van der Waals surface area (Å²) in [5.41, 5.74) is 1.85. The summed E-state index contributed by atoms with van der Waals surface area (Å²) < 4.78 is 5.81. The Labute approximate surface area is 140 Å². The summed E-state index contributed by atoms with van der Waals surface area (Å²) in [4.78, 5) is 25.1. The van der Waals surface area contributed by atoms with Gasteiger partial charge in [-0.2, -0.15) is 0 Å². The van der Waals surface area contributed by atoms with Gasteiger partial charge in [-0.05, 0) is 50.5 Å². The molecule has 24 heavy (non-hydrogen) atoms. The highest BCUT2D eigenvalue weighted by Crippen LogP contribution is 2.37. The van der Waals surface area contributed by atoms with Gasteiger partial charge in [0.05, 0.1) is 29.3 Å². The highest BCUT2D eigenvalue weighted by Gasteiger charge is 2.44. The molecule has 0 spiro atoms. The lowest BCUT2D eigenvalue weighted by molar-refractivity contribution is 0.0869. The number of hydrogen-bond acceptors (Lipinski definition) is 4. The van der Waals surface area contributed by atoms with Gasteiger partial charge in [0.25, 0.3) is 5.91 Å². The van der Waals surface area contributed by atoms with Crippen molar-refractivity contribution < 1.29 is 9.53 Å². The fourth-order valence-electron chi connectivity index (χ4n) is 4.16. The number of hydrogen-bond donors (Lipinski definition) is 2. The lowest BCUT2D eigenvalue weighted by Gasteiger charge is -2.31. The number of amides is 1. The minimum Gasteiger partial charge on any atom is -0.376 e. The van der Waals surface area contributed by atoms with E-state index in [4.69, 9.17) is 4.74 Å². The van der Waals surface area contributed by atoms with E-state index in [0.717, 1.165) is 49.4 Å². The number of carbonyl (C=O) groups is 1. The van der Waals surface area contributed by atoms with Crippen LogP contribution in [0.4, 0.5) is 0 Å². The van der Waals surface area contributed by atoms with Crippen molar-refractivity contribution in [1.29, 1.82) is 0 Å². The fourth-order valence-corrected chi connectivity index (χ4v) is 4.16. The van der Waals surface area contributed by atoms with Crippen LogP contribution in [-0.2, 0) is 11.2 Å². The monoisotopic (exact) mass is 326 g/mol. The van der Waals surface area contributed by atoms with Crippen molar-refractivity contribution >= 4 is 17.1 Å². The molecule has 2 atom stereocenters. The van der Waals surface area contributed by atoms with Crippen molar-refractivity contribution in [3.8, 4) is 0 Å². The smallest absolute Gasteiger partial charge is 0.254 e. The number of fused-ring (bicyclic) bond motifs is 3. The Bertz CT molecular complexity index is 793. The molecule has 1 amide bonds. The molecule has 0 radical (unpaired) electrons. The molecule has 5 rings (SSSR count). The van der Waals surface area contributed by atoms with Crippen molar-refractivity contribution in [3.05, 3.63) is 23.7 Å². The lowest BCUT2D eigenvalue weighted by atomic mass is 9.83. The van der Waals surface area contributed by atoms with Crippen LogP contribution in [0.3, 0.4) is 0 Å². The number of rotatable bonds is 4. The van der Waals surface area contributed by atoms with E-state index in [-0.39, 0.29) is 11.4 Å². The first-order chi connectivity index (χ1) is 11.7. The first-order valence-corrected chi connectivity index (χ1v) is 8.98. The Balaban J connectivity index is 1.42. The molecule has 2 N–H and O–H groups in total. The van der Waals surface area contributed by atoms with E-state index in [1.807, 2.05) is 0 Å². The zero-order valence-corrected chi connectivity index (χ0v) is 13.7. The number of imidazole rings is 1. The van der Waals surface area contributed by atoms with Crippen molar-refractivity contribution in [3.63, 3.8) is 0 Å². The van der Waals surface area contributed by atoms with Crippen LogP contribution < -0.4 is 5.32 Å². The zero-order chi connectivity index (χ0) is 16.1. The minimum atomic E-state index is -0.188. The van der Waals surface area contributed by atoms with E-state index < -0.39 is 0 Å². The van der Waals surface area contributed by atoms with E-state index in [9.17, 15) is 4.79 Å². The second-order valence-electron chi connectivity index (χ2n) is 7.65. The second kappa shape index (κ2) is 5.28. The van der Waals surface area contributed by atoms with Gasteiger partial charge in [0.2, 0.25) is 0 Å². The van der Waals surface area contributed by atoms with E-state index in [1.54, 1.807) is 12.3 Å². The van der Waals surface area contributed by atoms with Crippen LogP contribution >= 0.6 is 0 Å². The van der Waals surface area contributed by atoms with Gasteiger partial charge < -0.3 is 15.0 Å². The van der Waals surface area contributed by atoms with Gasteiger partial charge in [-0.25, -0.2) is 9.97 Å². The maximum absolute atomic E-state index is 12.9. The highest BCUT2D eigenvalue weighted by atomic mass is 16.5. The number of aromatic amines is 1. The van der Waals surface area contributed by atoms with Crippen LogP contribution in [0.15, 0.2) is 12.3 Å². The Kier molecular flexibility index (Phi) is 3.16. The van der Waals surface area contributed by atoms with Crippen LogP contribution in [0.25, 0.3) is 11.2 Å². The van der Waals surface area contributed by atoms with Crippen molar-refractivity contribution in [2.45, 2.75) is 56.6 Å². The molecule has 2 aliphatic carbocycles. The van der Waals surface area contributed by atoms with Crippen LogP contribution in [0.1, 0.15) is 54.7 Å². The summed E-state index contributed by atoms with van der Waals surface area (Å²) in [7, 11) is 0. The average Bonchev–Trinajstić information content (AvgIpc) is 3.21. The van der Waals surface area contributed by atoms with Gasteiger partial charge in [0.1, 0.15) is 5.82 Å². The Hall–Kier alpha value is -1.95. The molecular formula is C18H22N4O2. The SMILES string of the molecule is O=C(NC12CCCC(C1)OC2)c1ccnc2nc(CC3CC3)[nH]c12. The number of nitrogens with one attached hydrogen (secondary N) is 2. The largest absolute Gasteiger partial charge is 0.376 e. The van der Waals surface area contributed by atoms with Gasteiger partial charge in [-0.3, -0.25) is 4.79 Å². The summed E-state index contributed by atoms with van der Waals surface area (Å²) in [6.07, 6.45) is 9.66. The minimum absolute atomic E-state index is 0.0461. The average molecular weight is 326 g/mol. The topological polar surface area (TPSA) is 79.9 Å². The molecule has 6 heteroatoms. The van der Waals surface area contributed by atoms with Gasteiger partial charge in [-0.15, -0.1) is 0 Å². The summed E-state index contributed by atoms with van der Waals surface area (Å²) in [5.74, 6) is 1.65. The van der Waals surface area contributed by atoms with Crippen molar-refractivity contribution in [1.82, 2.24) is 20.3 Å². The van der Waals surface area contributed by atoms with E-state index >= 15 is 0 Å². The fraction of sp³-hybridized carbons (Fsp3) is 0.611.